The molecule has 6 aromatic carbocycles. The van der Waals surface area contributed by atoms with Gasteiger partial charge in [-0.1, -0.05) is 121 Å². The Morgan fingerprint density at radius 1 is 0.591 bits per heavy atom. The first-order valence-electron chi connectivity index (χ1n) is 14.9. The predicted molar refractivity (Wildman–Crippen MR) is 185 cm³/mol. The topological polar surface area (TPSA) is 40.8 Å². The maximum absolute atomic E-state index is 9.20. The Morgan fingerprint density at radius 2 is 1.20 bits per heavy atom. The maximum Gasteiger partial charge on any atom is 0.0633 e. The van der Waals surface area contributed by atoms with E-state index in [0.29, 0.717) is 5.71 Å². The fourth-order valence-electron chi connectivity index (χ4n) is 6.45. The second kappa shape index (κ2) is 10.7. The molecule has 0 saturated heterocycles. The Balaban J connectivity index is 1.20. The Bertz CT molecular complexity index is 2260. The van der Waals surface area contributed by atoms with E-state index in [9.17, 15) is 5.41 Å². The Labute approximate surface area is 256 Å². The van der Waals surface area contributed by atoms with Gasteiger partial charge in [0.1, 0.15) is 0 Å². The molecule has 44 heavy (non-hydrogen) atoms. The van der Waals surface area contributed by atoms with E-state index >= 15 is 0 Å². The summed E-state index contributed by atoms with van der Waals surface area (Å²) in [4.78, 5) is 0. The fraction of sp³-hybridized carbons (Fsp3) is 0. The number of hydrogen-bond donors (Lipinski definition) is 2. The van der Waals surface area contributed by atoms with Gasteiger partial charge in [0.05, 0.1) is 16.7 Å². The number of benzene rings is 6. The number of nitrogens with one attached hydrogen (secondary N) is 2. The van der Waals surface area contributed by atoms with Crippen molar-refractivity contribution in [1.82, 2.24) is 9.88 Å². The Kier molecular flexibility index (Phi) is 6.28. The summed E-state index contributed by atoms with van der Waals surface area (Å²) in [6.45, 7) is 0. The Morgan fingerprint density at radius 3 is 1.93 bits per heavy atom. The minimum absolute atomic E-state index is 0.446. The lowest BCUT2D eigenvalue weighted by molar-refractivity contribution is 1.11. The summed E-state index contributed by atoms with van der Waals surface area (Å²) in [5.41, 5.74) is 10.2. The molecule has 7 aromatic rings. The van der Waals surface area contributed by atoms with Crippen LogP contribution in [0.3, 0.4) is 0 Å². The molecule has 2 N–H and O–H groups in total. The van der Waals surface area contributed by atoms with Crippen molar-refractivity contribution in [2.24, 2.45) is 0 Å². The van der Waals surface area contributed by atoms with E-state index in [1.54, 1.807) is 0 Å². The molecule has 0 amide bonds. The number of para-hydroxylation sites is 2. The van der Waals surface area contributed by atoms with Crippen LogP contribution in [-0.4, -0.2) is 10.3 Å². The van der Waals surface area contributed by atoms with Crippen LogP contribution >= 0.6 is 0 Å². The summed E-state index contributed by atoms with van der Waals surface area (Å²) < 4.78 is 2.29. The van der Waals surface area contributed by atoms with Gasteiger partial charge in [0.2, 0.25) is 0 Å². The molecule has 0 radical (unpaired) electrons. The zero-order chi connectivity index (χ0) is 29.5. The van der Waals surface area contributed by atoms with Gasteiger partial charge in [0, 0.05) is 39.5 Å². The van der Waals surface area contributed by atoms with Crippen LogP contribution in [0, 0.1) is 5.41 Å². The minimum atomic E-state index is 0.446. The minimum Gasteiger partial charge on any atom is -0.361 e. The van der Waals surface area contributed by atoms with Crippen molar-refractivity contribution in [3.63, 3.8) is 0 Å². The van der Waals surface area contributed by atoms with E-state index in [0.717, 1.165) is 39.1 Å². The van der Waals surface area contributed by atoms with Crippen LogP contribution in [0.5, 0.6) is 0 Å². The zero-order valence-corrected chi connectivity index (χ0v) is 24.0. The Hall–Kier alpha value is -5.93. The lowest BCUT2D eigenvalue weighted by Gasteiger charge is -2.19. The normalized spacial score (nSPS) is 13.8. The molecular weight excluding hydrogens is 534 g/mol. The number of dihydropyridines is 1. The standard InChI is InChI=1S/C41H29N3/c42-38(29-14-10-15-30(26-29)44-40-21-8-6-18-36(40)37-19-7-9-22-41(37)44)27-39-35(20-11-25-43-39)34-24-23-31(28-12-2-1-3-13-28)32-16-4-5-17-33(32)34/h1-27,42-43H/b39-27-,42-38?. The SMILES string of the molecule is N=C(/C=C1\NC=CC=C1c1ccc(-c2ccccc2)c2ccccc12)c1cccc(-n2c3ccccc3c3ccccc32)c1. The van der Waals surface area contributed by atoms with Gasteiger partial charge in [-0.25, -0.2) is 0 Å². The summed E-state index contributed by atoms with van der Waals surface area (Å²) in [6.07, 6.45) is 8.03. The average molecular weight is 564 g/mol. The second-order valence-electron chi connectivity index (χ2n) is 11.0. The van der Waals surface area contributed by atoms with Crippen molar-refractivity contribution >= 4 is 43.9 Å². The molecule has 0 fully saturated rings. The molecule has 0 saturated carbocycles. The monoisotopic (exact) mass is 563 g/mol. The average Bonchev–Trinajstić information content (AvgIpc) is 3.43. The van der Waals surface area contributed by atoms with Gasteiger partial charge in [0.25, 0.3) is 0 Å². The van der Waals surface area contributed by atoms with Gasteiger partial charge >= 0.3 is 0 Å². The highest BCUT2D eigenvalue weighted by Gasteiger charge is 2.17. The number of allylic oxidation sites excluding steroid dienone is 4. The first kappa shape index (κ1) is 25.8. The third-order valence-corrected chi connectivity index (χ3v) is 8.47. The smallest absolute Gasteiger partial charge is 0.0633 e. The van der Waals surface area contributed by atoms with E-state index < -0.39 is 0 Å². The molecule has 1 aliphatic heterocycles. The molecular formula is C41H29N3. The zero-order valence-electron chi connectivity index (χ0n) is 24.0. The lowest BCUT2D eigenvalue weighted by Crippen LogP contribution is -2.13. The van der Waals surface area contributed by atoms with Gasteiger partial charge in [0.15, 0.2) is 0 Å². The van der Waals surface area contributed by atoms with E-state index in [-0.39, 0.29) is 0 Å². The van der Waals surface area contributed by atoms with Crippen molar-refractivity contribution < 1.29 is 0 Å². The first-order chi connectivity index (χ1) is 21.8. The van der Waals surface area contributed by atoms with Crippen molar-refractivity contribution in [3.05, 3.63) is 181 Å². The second-order valence-corrected chi connectivity index (χ2v) is 11.0. The van der Waals surface area contributed by atoms with Crippen LogP contribution < -0.4 is 5.32 Å². The van der Waals surface area contributed by atoms with Gasteiger partial charge < -0.3 is 15.3 Å². The number of hydrogen-bond acceptors (Lipinski definition) is 2. The van der Waals surface area contributed by atoms with E-state index in [1.807, 2.05) is 30.5 Å². The number of rotatable bonds is 5. The summed E-state index contributed by atoms with van der Waals surface area (Å²) in [5, 5.41) is 17.5. The fourth-order valence-corrected chi connectivity index (χ4v) is 6.45. The van der Waals surface area contributed by atoms with Crippen LogP contribution in [0.2, 0.25) is 0 Å². The van der Waals surface area contributed by atoms with E-state index in [2.05, 4.69) is 143 Å². The molecule has 208 valence electrons. The quantitative estimate of drug-likeness (QED) is 0.201. The van der Waals surface area contributed by atoms with Crippen molar-refractivity contribution in [3.8, 4) is 16.8 Å². The van der Waals surface area contributed by atoms with Gasteiger partial charge in [-0.2, -0.15) is 0 Å². The summed E-state index contributed by atoms with van der Waals surface area (Å²) in [5.74, 6) is 0. The van der Waals surface area contributed by atoms with Crippen molar-refractivity contribution in [1.29, 1.82) is 5.41 Å². The summed E-state index contributed by atoms with van der Waals surface area (Å²) in [7, 11) is 0. The number of fused-ring (bicyclic) bond motifs is 4. The molecule has 1 aliphatic rings. The third kappa shape index (κ3) is 4.34. The third-order valence-electron chi connectivity index (χ3n) is 8.47. The molecule has 0 bridgehead atoms. The largest absolute Gasteiger partial charge is 0.361 e. The van der Waals surface area contributed by atoms with Crippen LogP contribution in [0.1, 0.15) is 11.1 Å². The molecule has 3 heteroatoms. The van der Waals surface area contributed by atoms with Gasteiger partial charge in [-0.05, 0) is 63.9 Å². The first-order valence-corrected chi connectivity index (χ1v) is 14.9. The highest BCUT2D eigenvalue weighted by Crippen LogP contribution is 2.36. The highest BCUT2D eigenvalue weighted by atomic mass is 15.0. The van der Waals surface area contributed by atoms with Gasteiger partial charge in [-0.3, -0.25) is 0 Å². The molecule has 0 aliphatic carbocycles. The molecule has 8 rings (SSSR count). The highest BCUT2D eigenvalue weighted by molar-refractivity contribution is 6.12. The molecule has 0 spiro atoms. The van der Waals surface area contributed by atoms with Crippen LogP contribution in [0.25, 0.3) is 55.0 Å². The van der Waals surface area contributed by atoms with Crippen LogP contribution in [0.15, 0.2) is 170 Å². The van der Waals surface area contributed by atoms with E-state index in [4.69, 9.17) is 0 Å². The molecule has 0 atom stereocenters. The summed E-state index contributed by atoms with van der Waals surface area (Å²) >= 11 is 0. The summed E-state index contributed by atoms with van der Waals surface area (Å²) in [6, 6.07) is 48.9. The van der Waals surface area contributed by atoms with Crippen molar-refractivity contribution in [2.45, 2.75) is 0 Å². The molecule has 0 unspecified atom stereocenters. The number of nitrogens with zero attached hydrogens (tertiary/aromatic N) is 1. The van der Waals surface area contributed by atoms with Crippen LogP contribution in [-0.2, 0) is 0 Å². The molecule has 3 nitrogen and oxygen atoms in total. The van der Waals surface area contributed by atoms with E-state index in [1.165, 1.54) is 32.7 Å². The predicted octanol–water partition coefficient (Wildman–Crippen LogP) is 10.1. The number of aromatic nitrogens is 1. The maximum atomic E-state index is 9.20. The molecule has 1 aromatic heterocycles. The lowest BCUT2D eigenvalue weighted by atomic mass is 9.90. The van der Waals surface area contributed by atoms with Gasteiger partial charge in [-0.15, -0.1) is 0 Å². The molecule has 2 heterocycles. The van der Waals surface area contributed by atoms with Crippen LogP contribution in [0.4, 0.5) is 0 Å². The van der Waals surface area contributed by atoms with Crippen molar-refractivity contribution in [2.75, 3.05) is 0 Å².